The molecule has 0 spiro atoms. The molecule has 5 nitrogen and oxygen atoms in total. The minimum absolute atomic E-state index is 0.122. The molecule has 0 heterocycles. The Bertz CT molecular complexity index is 546. The molecule has 0 radical (unpaired) electrons. The Morgan fingerprint density at radius 2 is 2.05 bits per heavy atom. The predicted octanol–water partition coefficient (Wildman–Crippen LogP) is 2.28. The maximum absolute atomic E-state index is 12.2. The number of halogens is 1. The van der Waals surface area contributed by atoms with Gasteiger partial charge in [-0.25, -0.2) is 13.1 Å². The molecule has 120 valence electrons. The van der Waals surface area contributed by atoms with Crippen molar-refractivity contribution in [3.63, 3.8) is 0 Å². The predicted molar refractivity (Wildman–Crippen MR) is 85.5 cm³/mol. The number of benzene rings is 1. The van der Waals surface area contributed by atoms with E-state index < -0.39 is 10.0 Å². The van der Waals surface area contributed by atoms with E-state index in [1.165, 1.54) is 6.07 Å². The lowest BCUT2D eigenvalue weighted by atomic mass is 10.1. The molecule has 7 heteroatoms. The van der Waals surface area contributed by atoms with E-state index >= 15 is 0 Å². The smallest absolute Gasteiger partial charge is 0.241 e. The summed E-state index contributed by atoms with van der Waals surface area (Å²) in [6.45, 7) is 5.20. The highest BCUT2D eigenvalue weighted by Gasteiger charge is 2.17. The second kappa shape index (κ2) is 8.85. The minimum Gasteiger partial charge on any atom is -0.392 e. The molecule has 0 saturated heterocycles. The zero-order valence-corrected chi connectivity index (χ0v) is 14.7. The Balaban J connectivity index is 2.54. The van der Waals surface area contributed by atoms with E-state index in [0.717, 1.165) is 6.42 Å². The summed E-state index contributed by atoms with van der Waals surface area (Å²) in [7, 11) is -3.62. The van der Waals surface area contributed by atoms with Crippen LogP contribution in [0.3, 0.4) is 0 Å². The maximum Gasteiger partial charge on any atom is 0.241 e. The van der Waals surface area contributed by atoms with Crippen LogP contribution in [0.1, 0.15) is 25.8 Å². The Morgan fingerprint density at radius 1 is 1.33 bits per heavy atom. The van der Waals surface area contributed by atoms with Crippen molar-refractivity contribution >= 4 is 26.0 Å². The molecule has 1 rings (SSSR count). The van der Waals surface area contributed by atoms with Crippen LogP contribution in [0.4, 0.5) is 0 Å². The third kappa shape index (κ3) is 6.44. The van der Waals surface area contributed by atoms with Gasteiger partial charge in [-0.1, -0.05) is 19.9 Å². The van der Waals surface area contributed by atoms with E-state index in [1.54, 1.807) is 12.1 Å². The van der Waals surface area contributed by atoms with Crippen LogP contribution in [0.2, 0.25) is 0 Å². The topological polar surface area (TPSA) is 75.6 Å². The van der Waals surface area contributed by atoms with Crippen molar-refractivity contribution in [1.29, 1.82) is 0 Å². The summed E-state index contributed by atoms with van der Waals surface area (Å²) < 4.78 is 32.7. The van der Waals surface area contributed by atoms with Gasteiger partial charge >= 0.3 is 0 Å². The van der Waals surface area contributed by atoms with Crippen LogP contribution in [0.25, 0.3) is 0 Å². The van der Waals surface area contributed by atoms with Gasteiger partial charge in [0.1, 0.15) is 0 Å². The summed E-state index contributed by atoms with van der Waals surface area (Å²) in [4.78, 5) is 0.122. The van der Waals surface area contributed by atoms with Gasteiger partial charge in [0.05, 0.1) is 18.1 Å². The van der Waals surface area contributed by atoms with Crippen LogP contribution in [-0.4, -0.2) is 33.3 Å². The van der Waals surface area contributed by atoms with Crippen molar-refractivity contribution in [2.45, 2.75) is 31.8 Å². The van der Waals surface area contributed by atoms with Crippen LogP contribution in [0.5, 0.6) is 0 Å². The molecule has 0 aromatic heterocycles. The Morgan fingerprint density at radius 3 is 2.67 bits per heavy atom. The molecular formula is C14H22BrNO4S. The highest BCUT2D eigenvalue weighted by Crippen LogP contribution is 2.23. The fourth-order valence-electron chi connectivity index (χ4n) is 1.60. The lowest BCUT2D eigenvalue weighted by Crippen LogP contribution is -2.28. The van der Waals surface area contributed by atoms with Gasteiger partial charge < -0.3 is 9.84 Å². The fourth-order valence-corrected chi connectivity index (χ4v) is 3.62. The first-order valence-corrected chi connectivity index (χ1v) is 9.11. The van der Waals surface area contributed by atoms with E-state index in [1.807, 2.05) is 0 Å². The average Bonchev–Trinajstić information content (AvgIpc) is 2.42. The van der Waals surface area contributed by atoms with Crippen molar-refractivity contribution in [2.24, 2.45) is 5.92 Å². The van der Waals surface area contributed by atoms with Crippen molar-refractivity contribution in [1.82, 2.24) is 4.72 Å². The molecule has 0 saturated carbocycles. The van der Waals surface area contributed by atoms with Gasteiger partial charge in [0.15, 0.2) is 0 Å². The number of sulfonamides is 1. The number of aliphatic hydroxyl groups excluding tert-OH is 1. The highest BCUT2D eigenvalue weighted by atomic mass is 79.9. The van der Waals surface area contributed by atoms with Crippen LogP contribution < -0.4 is 4.72 Å². The number of aliphatic hydroxyl groups is 1. The van der Waals surface area contributed by atoms with Gasteiger partial charge in [-0.15, -0.1) is 0 Å². The molecule has 1 aromatic rings. The quantitative estimate of drug-likeness (QED) is 0.645. The third-order valence-electron chi connectivity index (χ3n) is 2.85. The van der Waals surface area contributed by atoms with E-state index in [-0.39, 0.29) is 18.0 Å². The van der Waals surface area contributed by atoms with E-state index in [2.05, 4.69) is 34.5 Å². The lowest BCUT2D eigenvalue weighted by Gasteiger charge is -2.10. The largest absolute Gasteiger partial charge is 0.392 e. The van der Waals surface area contributed by atoms with Gasteiger partial charge in [-0.2, -0.15) is 0 Å². The number of hydrogen-bond donors (Lipinski definition) is 2. The van der Waals surface area contributed by atoms with Gasteiger partial charge in [-0.05, 0) is 46.0 Å². The Labute approximate surface area is 134 Å². The SMILES string of the molecule is CC(C)CCOCCNS(=O)(=O)c1cc(CO)ccc1Br. The van der Waals surface area contributed by atoms with Crippen LogP contribution in [0, 0.1) is 5.92 Å². The molecule has 0 amide bonds. The van der Waals surface area contributed by atoms with E-state index in [9.17, 15) is 8.42 Å². The number of hydrogen-bond acceptors (Lipinski definition) is 4. The minimum atomic E-state index is -3.62. The van der Waals surface area contributed by atoms with Gasteiger partial charge in [0.2, 0.25) is 10.0 Å². The highest BCUT2D eigenvalue weighted by molar-refractivity contribution is 9.10. The first-order valence-electron chi connectivity index (χ1n) is 6.83. The monoisotopic (exact) mass is 379 g/mol. The van der Waals surface area contributed by atoms with Crippen molar-refractivity contribution in [2.75, 3.05) is 19.8 Å². The molecule has 0 bridgehead atoms. The molecule has 0 aliphatic carbocycles. The summed E-state index contributed by atoms with van der Waals surface area (Å²) in [5.74, 6) is 0.568. The van der Waals surface area contributed by atoms with Crippen molar-refractivity contribution in [3.05, 3.63) is 28.2 Å². The molecule has 0 fully saturated rings. The molecule has 0 atom stereocenters. The molecular weight excluding hydrogens is 358 g/mol. The molecule has 21 heavy (non-hydrogen) atoms. The van der Waals surface area contributed by atoms with E-state index in [0.29, 0.717) is 29.2 Å². The van der Waals surface area contributed by atoms with Gasteiger partial charge in [0, 0.05) is 17.6 Å². The zero-order valence-electron chi connectivity index (χ0n) is 12.3. The second-order valence-corrected chi connectivity index (χ2v) is 7.71. The van der Waals surface area contributed by atoms with Gasteiger partial charge in [0.25, 0.3) is 0 Å². The van der Waals surface area contributed by atoms with Crippen LogP contribution in [0.15, 0.2) is 27.6 Å². The summed E-state index contributed by atoms with van der Waals surface area (Å²) in [6, 6.07) is 4.73. The normalized spacial score (nSPS) is 12.0. The standard InChI is InChI=1S/C14H22BrNO4S/c1-11(2)5-7-20-8-6-16-21(18,19)14-9-12(10-17)3-4-13(14)15/h3-4,9,11,16-17H,5-8,10H2,1-2H3. The van der Waals surface area contributed by atoms with Crippen molar-refractivity contribution < 1.29 is 18.3 Å². The fraction of sp³-hybridized carbons (Fsp3) is 0.571. The Hall–Kier alpha value is -0.470. The molecule has 0 unspecified atom stereocenters. The molecule has 0 aliphatic heterocycles. The third-order valence-corrected chi connectivity index (χ3v) is 5.30. The van der Waals surface area contributed by atoms with Crippen molar-refractivity contribution in [3.8, 4) is 0 Å². The van der Waals surface area contributed by atoms with Gasteiger partial charge in [-0.3, -0.25) is 0 Å². The number of rotatable bonds is 9. The number of ether oxygens (including phenoxy) is 1. The average molecular weight is 380 g/mol. The van der Waals surface area contributed by atoms with Crippen LogP contribution in [-0.2, 0) is 21.4 Å². The lowest BCUT2D eigenvalue weighted by molar-refractivity contribution is 0.128. The van der Waals surface area contributed by atoms with E-state index in [4.69, 9.17) is 9.84 Å². The Kier molecular flexibility index (Phi) is 7.83. The first kappa shape index (κ1) is 18.6. The molecule has 0 aliphatic rings. The second-order valence-electron chi connectivity index (χ2n) is 5.12. The first-order chi connectivity index (χ1) is 9.86. The number of nitrogens with one attached hydrogen (secondary N) is 1. The molecule has 2 N–H and O–H groups in total. The summed E-state index contributed by atoms with van der Waals surface area (Å²) in [5.41, 5.74) is 0.548. The summed E-state index contributed by atoms with van der Waals surface area (Å²) >= 11 is 3.21. The summed E-state index contributed by atoms with van der Waals surface area (Å²) in [6.07, 6.45) is 0.955. The maximum atomic E-state index is 12.2. The zero-order chi connectivity index (χ0) is 15.9. The molecule has 1 aromatic carbocycles. The van der Waals surface area contributed by atoms with Crippen LogP contribution >= 0.6 is 15.9 Å². The summed E-state index contributed by atoms with van der Waals surface area (Å²) in [5, 5.41) is 9.09.